The third kappa shape index (κ3) is 6.22. The van der Waals surface area contributed by atoms with Gasteiger partial charge in [0.1, 0.15) is 0 Å². The van der Waals surface area contributed by atoms with Crippen LogP contribution in [0.4, 0.5) is 0 Å². The zero-order chi connectivity index (χ0) is 19.8. The van der Waals surface area contributed by atoms with Gasteiger partial charge in [-0.05, 0) is 58.5 Å². The summed E-state index contributed by atoms with van der Waals surface area (Å²) >= 11 is 0. The van der Waals surface area contributed by atoms with Crippen molar-refractivity contribution in [2.24, 2.45) is 0 Å². The number of rotatable bonds is 9. The minimum Gasteiger partial charge on any atom is -0.383 e. The molecule has 1 heterocycles. The van der Waals surface area contributed by atoms with Crippen molar-refractivity contribution in [2.75, 3.05) is 47.4 Å². The monoisotopic (exact) mass is 375 g/mol. The van der Waals surface area contributed by atoms with E-state index in [9.17, 15) is 4.79 Å². The van der Waals surface area contributed by atoms with Crippen LogP contribution >= 0.6 is 0 Å². The molecule has 27 heavy (non-hydrogen) atoms. The standard InChI is InChI=1S/C22H37N3O2/c1-18-17-20(19(2)25(18)21-9-7-6-8-10-21)11-12-22(26)24(15-16-27-5)14-13-23(3)4/h11-12,17,21H,6-10,13-16H2,1-5H3. The van der Waals surface area contributed by atoms with Gasteiger partial charge >= 0.3 is 0 Å². The van der Waals surface area contributed by atoms with E-state index in [2.05, 4.69) is 29.4 Å². The summed E-state index contributed by atoms with van der Waals surface area (Å²) in [6.07, 6.45) is 10.3. The Kier molecular flexibility index (Phi) is 8.58. The molecule has 0 saturated heterocycles. The van der Waals surface area contributed by atoms with E-state index in [1.165, 1.54) is 43.5 Å². The molecular weight excluding hydrogens is 338 g/mol. The van der Waals surface area contributed by atoms with Crippen LogP contribution in [0.5, 0.6) is 0 Å². The largest absolute Gasteiger partial charge is 0.383 e. The molecule has 1 aromatic heterocycles. The molecular formula is C22H37N3O2. The molecule has 0 spiro atoms. The van der Waals surface area contributed by atoms with Crippen molar-refractivity contribution >= 4 is 12.0 Å². The first-order chi connectivity index (χ1) is 12.9. The molecule has 152 valence electrons. The van der Waals surface area contributed by atoms with Crippen LogP contribution in [0.25, 0.3) is 6.08 Å². The highest BCUT2D eigenvalue weighted by atomic mass is 16.5. The average Bonchev–Trinajstić information content (AvgIpc) is 2.93. The normalized spacial score (nSPS) is 15.8. The lowest BCUT2D eigenvalue weighted by atomic mass is 9.95. The molecule has 1 aliphatic rings. The highest BCUT2D eigenvalue weighted by Gasteiger charge is 2.19. The van der Waals surface area contributed by atoms with Gasteiger partial charge in [0.15, 0.2) is 0 Å². The SMILES string of the molecule is COCCN(CCN(C)C)C(=O)C=Cc1cc(C)n(C2CCCCC2)c1C. The summed E-state index contributed by atoms with van der Waals surface area (Å²) in [5, 5.41) is 0. The van der Waals surface area contributed by atoms with Gasteiger partial charge in [-0.15, -0.1) is 0 Å². The minimum absolute atomic E-state index is 0.0522. The molecule has 0 radical (unpaired) electrons. The maximum Gasteiger partial charge on any atom is 0.246 e. The molecule has 0 bridgehead atoms. The summed E-state index contributed by atoms with van der Waals surface area (Å²) < 4.78 is 7.65. The Balaban J connectivity index is 2.09. The zero-order valence-electron chi connectivity index (χ0n) is 17.8. The van der Waals surface area contributed by atoms with Crippen LogP contribution in [0, 0.1) is 13.8 Å². The smallest absolute Gasteiger partial charge is 0.246 e. The van der Waals surface area contributed by atoms with Crippen molar-refractivity contribution in [1.29, 1.82) is 0 Å². The van der Waals surface area contributed by atoms with Gasteiger partial charge in [-0.2, -0.15) is 0 Å². The molecule has 5 nitrogen and oxygen atoms in total. The number of methoxy groups -OCH3 is 1. The highest BCUT2D eigenvalue weighted by molar-refractivity contribution is 5.92. The van der Waals surface area contributed by atoms with Crippen molar-refractivity contribution in [3.63, 3.8) is 0 Å². The number of amides is 1. The molecule has 0 aliphatic heterocycles. The van der Waals surface area contributed by atoms with Crippen LogP contribution in [-0.2, 0) is 9.53 Å². The summed E-state index contributed by atoms with van der Waals surface area (Å²) in [6, 6.07) is 2.84. The Bertz CT molecular complexity index is 628. The van der Waals surface area contributed by atoms with Gasteiger partial charge in [-0.25, -0.2) is 0 Å². The summed E-state index contributed by atoms with van der Waals surface area (Å²) in [4.78, 5) is 16.7. The molecule has 1 aliphatic carbocycles. The summed E-state index contributed by atoms with van der Waals surface area (Å²) in [6.45, 7) is 7.10. The van der Waals surface area contributed by atoms with Crippen molar-refractivity contribution in [3.05, 3.63) is 29.1 Å². The molecule has 0 unspecified atom stereocenters. The molecule has 5 heteroatoms. The second-order valence-electron chi connectivity index (χ2n) is 7.94. The van der Waals surface area contributed by atoms with Crippen molar-refractivity contribution in [3.8, 4) is 0 Å². The predicted octanol–water partition coefficient (Wildman–Crippen LogP) is 3.66. The van der Waals surface area contributed by atoms with E-state index in [1.54, 1.807) is 13.2 Å². The van der Waals surface area contributed by atoms with Crippen LogP contribution in [0.15, 0.2) is 12.1 Å². The number of aryl methyl sites for hydroxylation is 1. The molecule has 2 rings (SSSR count). The lowest BCUT2D eigenvalue weighted by Gasteiger charge is -2.26. The van der Waals surface area contributed by atoms with E-state index in [-0.39, 0.29) is 5.91 Å². The fourth-order valence-corrected chi connectivity index (χ4v) is 3.99. The Morgan fingerprint density at radius 1 is 1.19 bits per heavy atom. The molecule has 0 aromatic carbocycles. The maximum absolute atomic E-state index is 12.7. The van der Waals surface area contributed by atoms with Gasteiger partial charge in [0.2, 0.25) is 5.91 Å². The van der Waals surface area contributed by atoms with E-state index in [4.69, 9.17) is 4.74 Å². The van der Waals surface area contributed by atoms with Crippen LogP contribution in [0.1, 0.15) is 55.1 Å². The number of aromatic nitrogens is 1. The Morgan fingerprint density at radius 2 is 1.89 bits per heavy atom. The van der Waals surface area contributed by atoms with E-state index in [1.807, 2.05) is 25.1 Å². The second kappa shape index (κ2) is 10.7. The lowest BCUT2D eigenvalue weighted by Crippen LogP contribution is -2.37. The number of ether oxygens (including phenoxy) is 1. The summed E-state index contributed by atoms with van der Waals surface area (Å²) in [5.74, 6) is 0.0522. The quantitative estimate of drug-likeness (QED) is 0.618. The van der Waals surface area contributed by atoms with Gasteiger partial charge in [-0.1, -0.05) is 19.3 Å². The van der Waals surface area contributed by atoms with E-state index in [0.29, 0.717) is 25.7 Å². The minimum atomic E-state index is 0.0522. The first-order valence-electron chi connectivity index (χ1n) is 10.2. The zero-order valence-corrected chi connectivity index (χ0v) is 17.8. The van der Waals surface area contributed by atoms with Crippen molar-refractivity contribution < 1.29 is 9.53 Å². The molecule has 1 fully saturated rings. The third-order valence-corrected chi connectivity index (χ3v) is 5.56. The van der Waals surface area contributed by atoms with Crippen LogP contribution in [0.2, 0.25) is 0 Å². The average molecular weight is 376 g/mol. The van der Waals surface area contributed by atoms with Crippen LogP contribution in [0.3, 0.4) is 0 Å². The Morgan fingerprint density at radius 3 is 2.52 bits per heavy atom. The second-order valence-corrected chi connectivity index (χ2v) is 7.94. The van der Waals surface area contributed by atoms with Crippen molar-refractivity contribution in [1.82, 2.24) is 14.4 Å². The number of carbonyl (C=O) groups excluding carboxylic acids is 1. The first kappa shape index (κ1) is 21.7. The lowest BCUT2D eigenvalue weighted by molar-refractivity contribution is -0.126. The van der Waals surface area contributed by atoms with Gasteiger partial charge < -0.3 is 19.1 Å². The predicted molar refractivity (Wildman–Crippen MR) is 112 cm³/mol. The van der Waals surface area contributed by atoms with Gasteiger partial charge in [-0.3, -0.25) is 4.79 Å². The number of hydrogen-bond donors (Lipinski definition) is 0. The summed E-state index contributed by atoms with van der Waals surface area (Å²) in [7, 11) is 5.72. The fraction of sp³-hybridized carbons (Fsp3) is 0.682. The Hall–Kier alpha value is -1.59. The topological polar surface area (TPSA) is 37.7 Å². The van der Waals surface area contributed by atoms with Gasteiger partial charge in [0, 0.05) is 50.2 Å². The third-order valence-electron chi connectivity index (χ3n) is 5.56. The Labute approximate surface area is 165 Å². The van der Waals surface area contributed by atoms with E-state index in [0.717, 1.165) is 12.1 Å². The van der Waals surface area contributed by atoms with Crippen LogP contribution < -0.4 is 0 Å². The molecule has 1 amide bonds. The van der Waals surface area contributed by atoms with E-state index >= 15 is 0 Å². The maximum atomic E-state index is 12.7. The number of nitrogens with zero attached hydrogens (tertiary/aromatic N) is 3. The first-order valence-corrected chi connectivity index (χ1v) is 10.2. The number of hydrogen-bond acceptors (Lipinski definition) is 3. The number of likely N-dealkylation sites (N-methyl/N-ethyl adjacent to an activating group) is 1. The molecule has 0 N–H and O–H groups in total. The molecule has 1 saturated carbocycles. The van der Waals surface area contributed by atoms with Gasteiger partial charge in [0.05, 0.1) is 6.61 Å². The van der Waals surface area contributed by atoms with Crippen molar-refractivity contribution in [2.45, 2.75) is 52.0 Å². The number of carbonyl (C=O) groups is 1. The van der Waals surface area contributed by atoms with Gasteiger partial charge in [0.25, 0.3) is 0 Å². The molecule has 0 atom stereocenters. The highest BCUT2D eigenvalue weighted by Crippen LogP contribution is 2.32. The van der Waals surface area contributed by atoms with Crippen LogP contribution in [-0.4, -0.2) is 67.7 Å². The summed E-state index contributed by atoms with van der Waals surface area (Å²) in [5.41, 5.74) is 3.74. The molecule has 1 aromatic rings. The van der Waals surface area contributed by atoms with E-state index < -0.39 is 0 Å². The fourth-order valence-electron chi connectivity index (χ4n) is 3.99.